The van der Waals surface area contributed by atoms with Crippen LogP contribution in [0, 0.1) is 5.41 Å². The Morgan fingerprint density at radius 1 is 1.28 bits per heavy atom. The lowest BCUT2D eigenvalue weighted by molar-refractivity contribution is -0.197. The molecule has 1 atom stereocenters. The largest absolute Gasteiger partial charge is 0.480 e. The molecule has 160 valence electrons. The maximum atomic E-state index is 13.0. The van der Waals surface area contributed by atoms with E-state index in [1.807, 2.05) is 0 Å². The number of ether oxygens (including phenoxy) is 3. The van der Waals surface area contributed by atoms with Gasteiger partial charge in [0.1, 0.15) is 9.92 Å². The van der Waals surface area contributed by atoms with Crippen LogP contribution in [0.4, 0.5) is 0 Å². The number of likely N-dealkylation sites (tertiary alicyclic amines) is 1. The molecule has 0 radical (unpaired) electrons. The van der Waals surface area contributed by atoms with Crippen LogP contribution in [0.25, 0.3) is 0 Å². The molecule has 1 aromatic rings. The molecule has 4 fully saturated rings. The fourth-order valence-corrected chi connectivity index (χ4v) is 6.75. The Morgan fingerprint density at radius 3 is 2.59 bits per heavy atom. The fraction of sp³-hybridized carbons (Fsp3) is 0.737. The molecule has 5 rings (SSSR count). The number of halogens is 1. The predicted molar refractivity (Wildman–Crippen MR) is 106 cm³/mol. The van der Waals surface area contributed by atoms with Gasteiger partial charge in [-0.2, -0.15) is 4.31 Å². The number of pyridine rings is 1. The topological polar surface area (TPSA) is 81.2 Å². The molecular formula is C19H26ClN3O5S. The summed E-state index contributed by atoms with van der Waals surface area (Å²) in [6.45, 7) is 5.60. The van der Waals surface area contributed by atoms with Crippen LogP contribution in [0.15, 0.2) is 17.2 Å². The average Bonchev–Trinajstić information content (AvgIpc) is 3.03. The molecule has 0 N–H and O–H groups in total. The van der Waals surface area contributed by atoms with E-state index < -0.39 is 10.0 Å². The minimum absolute atomic E-state index is 0.0954. The van der Waals surface area contributed by atoms with Crippen LogP contribution in [-0.2, 0) is 19.5 Å². The summed E-state index contributed by atoms with van der Waals surface area (Å²) >= 11 is 6.07. The number of hydrogen-bond donors (Lipinski definition) is 0. The highest BCUT2D eigenvalue weighted by atomic mass is 35.5. The smallest absolute Gasteiger partial charge is 0.244 e. The van der Waals surface area contributed by atoms with E-state index in [1.165, 1.54) is 23.7 Å². The van der Waals surface area contributed by atoms with Gasteiger partial charge < -0.3 is 14.2 Å². The van der Waals surface area contributed by atoms with Crippen molar-refractivity contribution in [1.29, 1.82) is 0 Å². The van der Waals surface area contributed by atoms with Gasteiger partial charge in [-0.05, 0) is 25.3 Å². The van der Waals surface area contributed by atoms with Gasteiger partial charge in [-0.1, -0.05) is 11.6 Å². The standard InChI is InChI=1S/C19H26ClN3O5S/c1-26-17-16(20)6-15(8-21-17)29(24,25)23-4-2-19(3-5-23)7-14(9-28-19)22-10-18(11-22)12-27-13-18/h6,8,14H,2-5,7,9-13H2,1H3. The fourth-order valence-electron chi connectivity index (χ4n) is 5.03. The SMILES string of the molecule is COc1ncc(S(=O)(=O)N2CCC3(CC2)CC(N2CC4(COC4)C2)CO3)cc1Cl. The quantitative estimate of drug-likeness (QED) is 0.695. The second kappa shape index (κ2) is 7.03. The van der Waals surface area contributed by atoms with E-state index in [-0.39, 0.29) is 21.4 Å². The summed E-state index contributed by atoms with van der Waals surface area (Å²) in [7, 11) is -2.19. The number of aromatic nitrogens is 1. The molecule has 0 amide bonds. The maximum Gasteiger partial charge on any atom is 0.244 e. The minimum atomic E-state index is -3.64. The summed E-state index contributed by atoms with van der Waals surface area (Å²) in [5.74, 6) is 0.217. The van der Waals surface area contributed by atoms with Crippen molar-refractivity contribution in [2.45, 2.75) is 35.8 Å². The molecule has 1 unspecified atom stereocenters. The lowest BCUT2D eigenvalue weighted by Crippen LogP contribution is -2.68. The molecule has 4 saturated heterocycles. The van der Waals surface area contributed by atoms with Gasteiger partial charge in [-0.15, -0.1) is 0 Å². The molecule has 8 nitrogen and oxygen atoms in total. The molecule has 1 aromatic heterocycles. The van der Waals surface area contributed by atoms with Crippen molar-refractivity contribution in [3.05, 3.63) is 17.3 Å². The first-order valence-corrected chi connectivity index (χ1v) is 11.8. The number of hydrogen-bond acceptors (Lipinski definition) is 7. The lowest BCUT2D eigenvalue weighted by Gasteiger charge is -2.57. The Bertz CT molecular complexity index is 891. The van der Waals surface area contributed by atoms with Crippen molar-refractivity contribution in [1.82, 2.24) is 14.2 Å². The Hall–Kier alpha value is -0.970. The van der Waals surface area contributed by atoms with Crippen molar-refractivity contribution in [3.8, 4) is 5.88 Å². The van der Waals surface area contributed by atoms with Gasteiger partial charge in [-0.25, -0.2) is 13.4 Å². The van der Waals surface area contributed by atoms with Gasteiger partial charge in [0.2, 0.25) is 15.9 Å². The van der Waals surface area contributed by atoms with Gasteiger partial charge in [0.15, 0.2) is 0 Å². The average molecular weight is 444 g/mol. The third-order valence-electron chi connectivity index (χ3n) is 6.85. The van der Waals surface area contributed by atoms with E-state index in [0.717, 1.165) is 39.3 Å². The highest BCUT2D eigenvalue weighted by Gasteiger charge is 2.54. The highest BCUT2D eigenvalue weighted by Crippen LogP contribution is 2.44. The zero-order chi connectivity index (χ0) is 20.3. The maximum absolute atomic E-state index is 13.0. The Morgan fingerprint density at radius 2 is 2.00 bits per heavy atom. The van der Waals surface area contributed by atoms with E-state index in [0.29, 0.717) is 37.4 Å². The van der Waals surface area contributed by atoms with Gasteiger partial charge >= 0.3 is 0 Å². The number of sulfonamides is 1. The molecule has 29 heavy (non-hydrogen) atoms. The first kappa shape index (κ1) is 20.0. The zero-order valence-corrected chi connectivity index (χ0v) is 18.0. The van der Waals surface area contributed by atoms with Crippen LogP contribution in [0.3, 0.4) is 0 Å². The molecule has 0 aliphatic carbocycles. The zero-order valence-electron chi connectivity index (χ0n) is 16.5. The number of rotatable bonds is 4. The normalized spacial score (nSPS) is 29.0. The number of nitrogens with zero attached hydrogens (tertiary/aromatic N) is 3. The van der Waals surface area contributed by atoms with Crippen molar-refractivity contribution < 1.29 is 22.6 Å². The van der Waals surface area contributed by atoms with Crippen LogP contribution >= 0.6 is 11.6 Å². The molecule has 5 heterocycles. The molecule has 10 heteroatoms. The predicted octanol–water partition coefficient (Wildman–Crippen LogP) is 1.39. The molecule has 4 aliphatic heterocycles. The van der Waals surface area contributed by atoms with Crippen LogP contribution in [0.5, 0.6) is 5.88 Å². The molecule has 0 saturated carbocycles. The second-order valence-electron chi connectivity index (χ2n) is 8.82. The summed E-state index contributed by atoms with van der Waals surface area (Å²) in [5.41, 5.74) is 0.201. The summed E-state index contributed by atoms with van der Waals surface area (Å²) in [6.07, 6.45) is 3.70. The molecule has 2 spiro atoms. The van der Waals surface area contributed by atoms with E-state index in [1.54, 1.807) is 0 Å². The van der Waals surface area contributed by atoms with Crippen molar-refractivity contribution in [2.75, 3.05) is 53.1 Å². The van der Waals surface area contributed by atoms with Gasteiger partial charge in [0.05, 0.1) is 38.7 Å². The van der Waals surface area contributed by atoms with Crippen LogP contribution in [0.2, 0.25) is 5.02 Å². The highest BCUT2D eigenvalue weighted by molar-refractivity contribution is 7.89. The second-order valence-corrected chi connectivity index (χ2v) is 11.2. The van der Waals surface area contributed by atoms with E-state index >= 15 is 0 Å². The van der Waals surface area contributed by atoms with Crippen LogP contribution < -0.4 is 4.74 Å². The Balaban J connectivity index is 1.21. The van der Waals surface area contributed by atoms with Gasteiger partial charge in [-0.3, -0.25) is 4.90 Å². The van der Waals surface area contributed by atoms with Crippen LogP contribution in [-0.4, -0.2) is 87.4 Å². The van der Waals surface area contributed by atoms with Crippen molar-refractivity contribution in [3.63, 3.8) is 0 Å². The summed E-state index contributed by atoms with van der Waals surface area (Å²) in [4.78, 5) is 6.60. The third kappa shape index (κ3) is 3.36. The minimum Gasteiger partial charge on any atom is -0.480 e. The number of piperidine rings is 1. The Kier molecular flexibility index (Phi) is 4.84. The van der Waals surface area contributed by atoms with E-state index in [4.69, 9.17) is 25.8 Å². The first-order chi connectivity index (χ1) is 13.8. The molecule has 0 bridgehead atoms. The first-order valence-electron chi connectivity index (χ1n) is 10.0. The molecular weight excluding hydrogens is 418 g/mol. The van der Waals surface area contributed by atoms with E-state index in [9.17, 15) is 8.42 Å². The lowest BCUT2D eigenvalue weighted by atomic mass is 9.76. The Labute approximate surface area is 176 Å². The van der Waals surface area contributed by atoms with Crippen molar-refractivity contribution in [2.24, 2.45) is 5.41 Å². The monoisotopic (exact) mass is 443 g/mol. The van der Waals surface area contributed by atoms with Gasteiger partial charge in [0.25, 0.3) is 0 Å². The number of methoxy groups -OCH3 is 1. The third-order valence-corrected chi connectivity index (χ3v) is 8.98. The summed E-state index contributed by atoms with van der Waals surface area (Å²) < 4.78 is 44.1. The molecule has 4 aliphatic rings. The van der Waals surface area contributed by atoms with E-state index in [2.05, 4.69) is 9.88 Å². The summed E-state index contributed by atoms with van der Waals surface area (Å²) in [6, 6.07) is 1.84. The van der Waals surface area contributed by atoms with Gasteiger partial charge in [0, 0.05) is 37.6 Å². The van der Waals surface area contributed by atoms with Crippen LogP contribution in [0.1, 0.15) is 19.3 Å². The molecule has 0 aromatic carbocycles. The van der Waals surface area contributed by atoms with Crippen molar-refractivity contribution >= 4 is 21.6 Å². The summed E-state index contributed by atoms with van der Waals surface area (Å²) in [5, 5.41) is 0.188.